The number of benzene rings is 2. The maximum absolute atomic E-state index is 14.1. The Morgan fingerprint density at radius 1 is 0.793 bits per heavy atom. The molecule has 2 aromatic carbocycles. The normalized spacial score (nSPS) is 19.1. The Balaban J connectivity index is 1.78. The fourth-order valence-corrected chi connectivity index (χ4v) is 5.93. The Bertz CT molecular complexity index is 1000. The van der Waals surface area contributed by atoms with Gasteiger partial charge in [-0.1, -0.05) is 56.7 Å². The molecule has 1 heterocycles. The SMILES string of the molecule is Cc1cc(-n2c(C3CCCCC3)c(C3CCCCC3)c3ccccc32)ccc1F. The summed E-state index contributed by atoms with van der Waals surface area (Å²) in [4.78, 5) is 0. The van der Waals surface area contributed by atoms with Gasteiger partial charge >= 0.3 is 0 Å². The predicted octanol–water partition coefficient (Wildman–Crippen LogP) is 8.17. The smallest absolute Gasteiger partial charge is 0.126 e. The van der Waals surface area contributed by atoms with Gasteiger partial charge < -0.3 is 4.57 Å². The Hall–Kier alpha value is -2.09. The minimum atomic E-state index is -0.114. The van der Waals surface area contributed by atoms with E-state index in [0.29, 0.717) is 11.8 Å². The van der Waals surface area contributed by atoms with Crippen LogP contribution in [0, 0.1) is 12.7 Å². The van der Waals surface area contributed by atoms with E-state index >= 15 is 0 Å². The van der Waals surface area contributed by atoms with E-state index in [1.54, 1.807) is 17.3 Å². The molecular weight excluding hydrogens is 357 g/mol. The third-order valence-electron chi connectivity index (χ3n) is 7.36. The summed E-state index contributed by atoms with van der Waals surface area (Å²) < 4.78 is 16.6. The van der Waals surface area contributed by atoms with Crippen LogP contribution in [0.1, 0.15) is 92.9 Å². The zero-order chi connectivity index (χ0) is 19.8. The van der Waals surface area contributed by atoms with Crippen LogP contribution in [-0.4, -0.2) is 4.57 Å². The van der Waals surface area contributed by atoms with Crippen LogP contribution in [0.15, 0.2) is 42.5 Å². The maximum atomic E-state index is 14.1. The largest absolute Gasteiger partial charge is 0.313 e. The van der Waals surface area contributed by atoms with Crippen molar-refractivity contribution in [2.24, 2.45) is 0 Å². The molecule has 0 amide bonds. The van der Waals surface area contributed by atoms with Crippen LogP contribution >= 0.6 is 0 Å². The lowest BCUT2D eigenvalue weighted by molar-refractivity contribution is 0.413. The zero-order valence-electron chi connectivity index (χ0n) is 17.6. The van der Waals surface area contributed by atoms with Gasteiger partial charge in [0.2, 0.25) is 0 Å². The quantitative estimate of drug-likeness (QED) is 0.425. The third kappa shape index (κ3) is 3.41. The highest BCUT2D eigenvalue weighted by Gasteiger charge is 2.30. The lowest BCUT2D eigenvalue weighted by atomic mass is 9.78. The molecule has 0 atom stereocenters. The first-order chi connectivity index (χ1) is 14.2. The molecule has 0 bridgehead atoms. The summed E-state index contributed by atoms with van der Waals surface area (Å²) in [7, 11) is 0. The molecule has 0 unspecified atom stereocenters. The first-order valence-electron chi connectivity index (χ1n) is 11.6. The van der Waals surface area contributed by atoms with Crippen LogP contribution in [0.25, 0.3) is 16.6 Å². The first kappa shape index (κ1) is 18.9. The summed E-state index contributed by atoms with van der Waals surface area (Å²) in [5.41, 5.74) is 6.33. The van der Waals surface area contributed by atoms with E-state index in [-0.39, 0.29) is 5.82 Å². The second-order valence-electron chi connectivity index (χ2n) is 9.25. The van der Waals surface area contributed by atoms with E-state index in [2.05, 4.69) is 28.8 Å². The maximum Gasteiger partial charge on any atom is 0.126 e. The molecule has 0 N–H and O–H groups in total. The van der Waals surface area contributed by atoms with Crippen LogP contribution in [0.2, 0.25) is 0 Å². The minimum absolute atomic E-state index is 0.114. The topological polar surface area (TPSA) is 4.93 Å². The zero-order valence-corrected chi connectivity index (χ0v) is 17.6. The van der Waals surface area contributed by atoms with Crippen LogP contribution in [0.3, 0.4) is 0 Å². The van der Waals surface area contributed by atoms with Gasteiger partial charge in [-0.15, -0.1) is 0 Å². The van der Waals surface area contributed by atoms with E-state index in [1.807, 2.05) is 19.1 Å². The number of aromatic nitrogens is 1. The molecule has 2 fully saturated rings. The van der Waals surface area contributed by atoms with Crippen molar-refractivity contribution in [1.29, 1.82) is 0 Å². The third-order valence-corrected chi connectivity index (χ3v) is 7.36. The molecular formula is C27H32FN. The number of hydrogen-bond acceptors (Lipinski definition) is 0. The van der Waals surface area contributed by atoms with Gasteiger partial charge in [-0.25, -0.2) is 4.39 Å². The lowest BCUT2D eigenvalue weighted by Gasteiger charge is -2.29. The van der Waals surface area contributed by atoms with E-state index in [1.165, 1.54) is 75.1 Å². The van der Waals surface area contributed by atoms with Gasteiger partial charge in [-0.3, -0.25) is 0 Å². The molecule has 29 heavy (non-hydrogen) atoms. The van der Waals surface area contributed by atoms with Crippen molar-refractivity contribution in [2.75, 3.05) is 0 Å². The molecule has 3 aromatic rings. The van der Waals surface area contributed by atoms with Crippen molar-refractivity contribution in [2.45, 2.75) is 83.0 Å². The lowest BCUT2D eigenvalue weighted by Crippen LogP contribution is -2.15. The van der Waals surface area contributed by atoms with Gasteiger partial charge in [0.15, 0.2) is 0 Å². The van der Waals surface area contributed by atoms with E-state index in [0.717, 1.165) is 11.3 Å². The summed E-state index contributed by atoms with van der Waals surface area (Å²) in [6.07, 6.45) is 13.3. The van der Waals surface area contributed by atoms with Gasteiger partial charge in [0.25, 0.3) is 0 Å². The summed E-state index contributed by atoms with van der Waals surface area (Å²) in [6, 6.07) is 14.6. The Labute approximate surface area is 173 Å². The number of aryl methyl sites for hydroxylation is 1. The second kappa shape index (κ2) is 7.97. The number of fused-ring (bicyclic) bond motifs is 1. The Morgan fingerprint density at radius 2 is 1.45 bits per heavy atom. The summed E-state index contributed by atoms with van der Waals surface area (Å²) in [5, 5.41) is 1.43. The highest BCUT2D eigenvalue weighted by atomic mass is 19.1. The number of rotatable bonds is 3. The molecule has 0 spiro atoms. The first-order valence-corrected chi connectivity index (χ1v) is 11.6. The molecule has 0 radical (unpaired) electrons. The van der Waals surface area contributed by atoms with Crippen molar-refractivity contribution < 1.29 is 4.39 Å². The molecule has 2 aliphatic carbocycles. The van der Waals surface area contributed by atoms with Gasteiger partial charge in [-0.05, 0) is 79.8 Å². The highest BCUT2D eigenvalue weighted by Crippen LogP contribution is 2.46. The van der Waals surface area contributed by atoms with Crippen molar-refractivity contribution >= 4 is 10.9 Å². The number of halogens is 1. The standard InChI is InChI=1S/C27H32FN/c1-19-18-22(16-17-24(19)28)29-25-15-9-8-14-23(25)26(20-10-4-2-5-11-20)27(29)21-12-6-3-7-13-21/h8-9,14-18,20-21H,2-7,10-13H2,1H3. The van der Waals surface area contributed by atoms with Crippen LogP contribution < -0.4 is 0 Å². The molecule has 1 nitrogen and oxygen atoms in total. The van der Waals surface area contributed by atoms with E-state index in [4.69, 9.17) is 0 Å². The summed E-state index contributed by atoms with van der Waals surface area (Å²) in [5.74, 6) is 1.18. The fraction of sp³-hybridized carbons (Fsp3) is 0.481. The van der Waals surface area contributed by atoms with Gasteiger partial charge in [0.1, 0.15) is 5.82 Å². The fourth-order valence-electron chi connectivity index (χ4n) is 5.93. The van der Waals surface area contributed by atoms with Gasteiger partial charge in [-0.2, -0.15) is 0 Å². The van der Waals surface area contributed by atoms with Crippen molar-refractivity contribution in [3.8, 4) is 5.69 Å². The van der Waals surface area contributed by atoms with Crippen LogP contribution in [0.5, 0.6) is 0 Å². The molecule has 2 heteroatoms. The molecule has 2 saturated carbocycles. The molecule has 1 aromatic heterocycles. The van der Waals surface area contributed by atoms with Crippen molar-refractivity contribution in [3.05, 3.63) is 65.1 Å². The average Bonchev–Trinajstić information content (AvgIpc) is 3.12. The van der Waals surface area contributed by atoms with Crippen molar-refractivity contribution in [1.82, 2.24) is 4.57 Å². The monoisotopic (exact) mass is 389 g/mol. The van der Waals surface area contributed by atoms with Crippen LogP contribution in [0.4, 0.5) is 4.39 Å². The number of para-hydroxylation sites is 1. The molecule has 152 valence electrons. The van der Waals surface area contributed by atoms with E-state index in [9.17, 15) is 4.39 Å². The number of hydrogen-bond donors (Lipinski definition) is 0. The highest BCUT2D eigenvalue weighted by molar-refractivity contribution is 5.88. The Morgan fingerprint density at radius 3 is 2.14 bits per heavy atom. The molecule has 2 aliphatic rings. The summed E-state index contributed by atoms with van der Waals surface area (Å²) >= 11 is 0. The predicted molar refractivity (Wildman–Crippen MR) is 120 cm³/mol. The molecule has 5 rings (SSSR count). The summed E-state index contributed by atoms with van der Waals surface area (Å²) in [6.45, 7) is 1.88. The van der Waals surface area contributed by atoms with Gasteiger partial charge in [0.05, 0.1) is 5.52 Å². The van der Waals surface area contributed by atoms with Gasteiger partial charge in [0, 0.05) is 16.8 Å². The van der Waals surface area contributed by atoms with Crippen LogP contribution in [-0.2, 0) is 0 Å². The molecule has 0 aliphatic heterocycles. The van der Waals surface area contributed by atoms with Crippen molar-refractivity contribution in [3.63, 3.8) is 0 Å². The second-order valence-corrected chi connectivity index (χ2v) is 9.25. The number of nitrogens with zero attached hydrogens (tertiary/aromatic N) is 1. The Kier molecular flexibility index (Phi) is 5.20. The minimum Gasteiger partial charge on any atom is -0.313 e. The average molecular weight is 390 g/mol. The molecule has 0 saturated heterocycles. The van der Waals surface area contributed by atoms with E-state index < -0.39 is 0 Å².